The monoisotopic (exact) mass is 371 g/mol. The second-order valence-corrected chi connectivity index (χ2v) is 8.81. The largest absolute Gasteiger partial charge is 0.289 e. The molecule has 0 radical (unpaired) electrons. The molecule has 2 atom stereocenters. The van der Waals surface area contributed by atoms with Gasteiger partial charge in [-0.1, -0.05) is 80.4 Å². The van der Waals surface area contributed by atoms with Gasteiger partial charge < -0.3 is 0 Å². The van der Waals surface area contributed by atoms with E-state index in [1.54, 1.807) is 6.08 Å². The zero-order chi connectivity index (χ0) is 19.8. The molecule has 1 spiro atoms. The average molecular weight is 372 g/mol. The molecule has 2 nitrogen and oxygen atoms in total. The first-order chi connectivity index (χ1) is 13.5. The summed E-state index contributed by atoms with van der Waals surface area (Å²) in [5.41, 5.74) is 4.08. The predicted octanol–water partition coefficient (Wildman–Crippen LogP) is 6.27. The van der Waals surface area contributed by atoms with Gasteiger partial charge in [0.25, 0.3) is 0 Å². The van der Waals surface area contributed by atoms with E-state index in [-0.39, 0.29) is 22.7 Å². The Morgan fingerprint density at radius 2 is 1.75 bits per heavy atom. The highest BCUT2D eigenvalue weighted by molar-refractivity contribution is 6.13. The highest BCUT2D eigenvalue weighted by atomic mass is 16.1. The van der Waals surface area contributed by atoms with Crippen LogP contribution in [-0.2, 0) is 5.41 Å². The summed E-state index contributed by atoms with van der Waals surface area (Å²) >= 11 is 0. The van der Waals surface area contributed by atoms with Gasteiger partial charge in [0.2, 0.25) is 0 Å². The third kappa shape index (κ3) is 3.15. The van der Waals surface area contributed by atoms with E-state index in [2.05, 4.69) is 69.3 Å². The molecule has 2 unspecified atom stereocenters. The molecular weight excluding hydrogens is 342 g/mol. The predicted molar refractivity (Wildman–Crippen MR) is 116 cm³/mol. The lowest BCUT2D eigenvalue weighted by Crippen LogP contribution is -2.39. The zero-order valence-electron chi connectivity index (χ0n) is 17.1. The van der Waals surface area contributed by atoms with E-state index >= 15 is 0 Å². The fraction of sp³-hybridized carbons (Fsp3) is 0.385. The van der Waals surface area contributed by atoms with Crippen LogP contribution in [0, 0.1) is 0 Å². The molecule has 2 heteroatoms. The topological polar surface area (TPSA) is 29.4 Å². The van der Waals surface area contributed by atoms with Crippen LogP contribution in [0.2, 0.25) is 0 Å². The Labute approximate surface area is 168 Å². The van der Waals surface area contributed by atoms with Crippen molar-refractivity contribution in [2.45, 2.75) is 63.3 Å². The number of carbonyl (C=O) groups is 1. The minimum absolute atomic E-state index is 0.107. The summed E-state index contributed by atoms with van der Waals surface area (Å²) in [7, 11) is 0. The van der Waals surface area contributed by atoms with Crippen molar-refractivity contribution in [3.63, 3.8) is 0 Å². The highest BCUT2D eigenvalue weighted by Gasteiger charge is 2.50. The quantitative estimate of drug-likeness (QED) is 0.608. The molecule has 0 saturated carbocycles. The van der Waals surface area contributed by atoms with Gasteiger partial charge in [-0.05, 0) is 43.9 Å². The zero-order valence-corrected chi connectivity index (χ0v) is 17.1. The Kier molecular flexibility index (Phi) is 4.82. The van der Waals surface area contributed by atoms with E-state index in [4.69, 9.17) is 4.99 Å². The SMILES string of the molecule is CCCCC(C1=NC(C)(C)CC12C=CC(=O)c1ccccc12)c1ccccc1. The van der Waals surface area contributed by atoms with Crippen molar-refractivity contribution in [2.24, 2.45) is 4.99 Å². The molecule has 2 aromatic rings. The maximum atomic E-state index is 12.6. The molecule has 1 aliphatic carbocycles. The third-order valence-electron chi connectivity index (χ3n) is 6.16. The summed E-state index contributed by atoms with van der Waals surface area (Å²) in [5, 5.41) is 0. The van der Waals surface area contributed by atoms with Crippen molar-refractivity contribution in [1.29, 1.82) is 0 Å². The summed E-state index contributed by atoms with van der Waals surface area (Å²) in [5.74, 6) is 0.379. The van der Waals surface area contributed by atoms with Crippen molar-refractivity contribution >= 4 is 11.5 Å². The number of ketones is 1. The molecule has 0 bridgehead atoms. The van der Waals surface area contributed by atoms with Crippen molar-refractivity contribution in [3.8, 4) is 0 Å². The minimum Gasteiger partial charge on any atom is -0.289 e. The Morgan fingerprint density at radius 1 is 1.04 bits per heavy atom. The normalized spacial score (nSPS) is 23.5. The van der Waals surface area contributed by atoms with Crippen LogP contribution in [0.4, 0.5) is 0 Å². The number of fused-ring (bicyclic) bond motifs is 2. The van der Waals surface area contributed by atoms with Crippen molar-refractivity contribution in [3.05, 3.63) is 83.4 Å². The highest BCUT2D eigenvalue weighted by Crippen LogP contribution is 2.50. The molecule has 1 aliphatic heterocycles. The molecule has 0 saturated heterocycles. The van der Waals surface area contributed by atoms with E-state index in [9.17, 15) is 4.79 Å². The second-order valence-electron chi connectivity index (χ2n) is 8.81. The molecule has 1 heterocycles. The fourth-order valence-corrected chi connectivity index (χ4v) is 5.04. The van der Waals surface area contributed by atoms with Crippen LogP contribution < -0.4 is 0 Å². The van der Waals surface area contributed by atoms with Crippen molar-refractivity contribution in [1.82, 2.24) is 0 Å². The molecule has 28 heavy (non-hydrogen) atoms. The Morgan fingerprint density at radius 3 is 2.50 bits per heavy atom. The number of unbranched alkanes of at least 4 members (excludes halogenated alkanes) is 1. The Balaban J connectivity index is 1.90. The number of rotatable bonds is 5. The van der Waals surface area contributed by atoms with Crippen LogP contribution in [0.5, 0.6) is 0 Å². The Hall–Kier alpha value is -2.48. The van der Waals surface area contributed by atoms with Crippen LogP contribution in [-0.4, -0.2) is 17.0 Å². The second kappa shape index (κ2) is 7.16. The number of hydrogen-bond acceptors (Lipinski definition) is 2. The first-order valence-corrected chi connectivity index (χ1v) is 10.4. The first-order valence-electron chi connectivity index (χ1n) is 10.4. The van der Waals surface area contributed by atoms with Crippen LogP contribution in [0.25, 0.3) is 0 Å². The summed E-state index contributed by atoms with van der Waals surface area (Å²) in [4.78, 5) is 17.9. The standard InChI is InChI=1S/C26H29NO/c1-4-5-13-20(19-11-7-6-8-12-19)24-26(18-25(2,3)27-24)17-16-23(28)21-14-9-10-15-22(21)26/h6-12,14-17,20H,4-5,13,18H2,1-3H3. The lowest BCUT2D eigenvalue weighted by atomic mass is 9.64. The van der Waals surface area contributed by atoms with Crippen LogP contribution in [0.3, 0.4) is 0 Å². The number of hydrogen-bond donors (Lipinski definition) is 0. The first kappa shape index (κ1) is 18.9. The molecule has 144 valence electrons. The summed E-state index contributed by atoms with van der Waals surface area (Å²) in [6.07, 6.45) is 8.25. The number of nitrogens with zero attached hydrogens (tertiary/aromatic N) is 1. The van der Waals surface area contributed by atoms with Gasteiger partial charge in [-0.25, -0.2) is 0 Å². The summed E-state index contributed by atoms with van der Waals surface area (Å²) in [6, 6.07) is 18.9. The fourth-order valence-electron chi connectivity index (χ4n) is 5.04. The maximum absolute atomic E-state index is 12.6. The molecule has 2 aromatic carbocycles. The van der Waals surface area contributed by atoms with Gasteiger partial charge in [-0.2, -0.15) is 0 Å². The van der Waals surface area contributed by atoms with Gasteiger partial charge in [0.05, 0.1) is 11.0 Å². The number of aliphatic imine (C=N–C) groups is 1. The van der Waals surface area contributed by atoms with Gasteiger partial charge in [0.15, 0.2) is 5.78 Å². The lowest BCUT2D eigenvalue weighted by molar-refractivity contribution is 0.104. The molecular formula is C26H29NO. The summed E-state index contributed by atoms with van der Waals surface area (Å²) < 4.78 is 0. The Bertz CT molecular complexity index is 938. The van der Waals surface area contributed by atoms with Gasteiger partial charge in [0, 0.05) is 17.2 Å². The molecule has 0 amide bonds. The van der Waals surface area contributed by atoms with Gasteiger partial charge in [-0.15, -0.1) is 0 Å². The lowest BCUT2D eigenvalue weighted by Gasteiger charge is -2.37. The summed E-state index contributed by atoms with van der Waals surface area (Å²) in [6.45, 7) is 6.68. The van der Waals surface area contributed by atoms with E-state index in [1.807, 2.05) is 12.1 Å². The molecule has 2 aliphatic rings. The minimum atomic E-state index is -0.289. The van der Waals surface area contributed by atoms with Crippen LogP contribution >= 0.6 is 0 Å². The number of benzene rings is 2. The maximum Gasteiger partial charge on any atom is 0.185 e. The van der Waals surface area contributed by atoms with E-state index < -0.39 is 0 Å². The van der Waals surface area contributed by atoms with Gasteiger partial charge >= 0.3 is 0 Å². The van der Waals surface area contributed by atoms with E-state index in [0.29, 0.717) is 0 Å². The molecule has 0 fully saturated rings. The van der Waals surface area contributed by atoms with Gasteiger partial charge in [0.1, 0.15) is 0 Å². The van der Waals surface area contributed by atoms with Crippen molar-refractivity contribution < 1.29 is 4.79 Å². The van der Waals surface area contributed by atoms with E-state index in [0.717, 1.165) is 30.4 Å². The molecule has 0 aromatic heterocycles. The van der Waals surface area contributed by atoms with Gasteiger partial charge in [-0.3, -0.25) is 9.79 Å². The average Bonchev–Trinajstić information content (AvgIpc) is 2.98. The molecule has 4 rings (SSSR count). The smallest absolute Gasteiger partial charge is 0.185 e. The van der Waals surface area contributed by atoms with Crippen molar-refractivity contribution in [2.75, 3.05) is 0 Å². The van der Waals surface area contributed by atoms with Crippen LogP contribution in [0.15, 0.2) is 71.7 Å². The third-order valence-corrected chi connectivity index (χ3v) is 6.16. The van der Waals surface area contributed by atoms with E-state index in [1.165, 1.54) is 17.7 Å². The number of carbonyl (C=O) groups excluding carboxylic acids is 1. The number of allylic oxidation sites excluding steroid dienone is 2. The molecule has 0 N–H and O–H groups in total. The van der Waals surface area contributed by atoms with Crippen LogP contribution in [0.1, 0.15) is 73.9 Å².